The first-order valence-electron chi connectivity index (χ1n) is 8.92. The topological polar surface area (TPSA) is 30.9 Å². The Morgan fingerprint density at radius 3 is 2.64 bits per heavy atom. The minimum absolute atomic E-state index is 0.000884. The van der Waals surface area contributed by atoms with Crippen LogP contribution in [-0.2, 0) is 4.74 Å². The molecule has 4 nitrogen and oxygen atoms in total. The molecule has 134 valence electrons. The molecule has 2 aromatic rings. The molecule has 1 fully saturated rings. The summed E-state index contributed by atoms with van der Waals surface area (Å²) in [5.41, 5.74) is 2.30. The van der Waals surface area contributed by atoms with Crippen molar-refractivity contribution < 1.29 is 14.2 Å². The van der Waals surface area contributed by atoms with Gasteiger partial charge in [-0.05, 0) is 36.2 Å². The number of rotatable bonds is 7. The van der Waals surface area contributed by atoms with Crippen molar-refractivity contribution in [3.63, 3.8) is 0 Å². The molecular formula is C21H27NO3. The number of aryl methyl sites for hydroxylation is 1. The van der Waals surface area contributed by atoms with Gasteiger partial charge in [-0.15, -0.1) is 0 Å². The van der Waals surface area contributed by atoms with Crippen molar-refractivity contribution >= 4 is 0 Å². The van der Waals surface area contributed by atoms with Crippen LogP contribution in [0.15, 0.2) is 48.5 Å². The van der Waals surface area contributed by atoms with Crippen LogP contribution in [0.3, 0.4) is 0 Å². The van der Waals surface area contributed by atoms with E-state index in [2.05, 4.69) is 30.0 Å². The highest BCUT2D eigenvalue weighted by atomic mass is 16.5. The SMILES string of the molecule is COc1cccc(C(CCN2CCOCC2)Oc2ccccc2C)c1. The average molecular weight is 341 g/mol. The molecule has 1 unspecified atom stereocenters. The summed E-state index contributed by atoms with van der Waals surface area (Å²) in [6.07, 6.45) is 0.931. The van der Waals surface area contributed by atoms with Gasteiger partial charge >= 0.3 is 0 Å². The van der Waals surface area contributed by atoms with E-state index in [0.29, 0.717) is 0 Å². The zero-order chi connectivity index (χ0) is 17.5. The Bertz CT molecular complexity index is 668. The molecular weight excluding hydrogens is 314 g/mol. The predicted molar refractivity (Wildman–Crippen MR) is 99.4 cm³/mol. The quantitative estimate of drug-likeness (QED) is 0.765. The molecule has 3 rings (SSSR count). The summed E-state index contributed by atoms with van der Waals surface area (Å²) < 4.78 is 17.2. The normalized spacial score (nSPS) is 16.4. The van der Waals surface area contributed by atoms with Gasteiger partial charge in [-0.2, -0.15) is 0 Å². The standard InChI is InChI=1S/C21H27NO3/c1-17-6-3-4-9-20(17)25-21(10-11-22-12-14-24-15-13-22)18-7-5-8-19(16-18)23-2/h3-9,16,21H,10-15H2,1-2H3. The van der Waals surface area contributed by atoms with E-state index in [1.807, 2.05) is 30.3 Å². The number of benzene rings is 2. The summed E-state index contributed by atoms with van der Waals surface area (Å²) in [6.45, 7) is 6.71. The van der Waals surface area contributed by atoms with Crippen LogP contribution in [0.1, 0.15) is 23.7 Å². The van der Waals surface area contributed by atoms with Crippen molar-refractivity contribution in [3.05, 3.63) is 59.7 Å². The highest BCUT2D eigenvalue weighted by Crippen LogP contribution is 2.29. The third-order valence-electron chi connectivity index (χ3n) is 4.64. The molecule has 0 saturated carbocycles. The number of methoxy groups -OCH3 is 1. The van der Waals surface area contributed by atoms with Crippen LogP contribution >= 0.6 is 0 Å². The van der Waals surface area contributed by atoms with E-state index < -0.39 is 0 Å². The number of hydrogen-bond acceptors (Lipinski definition) is 4. The van der Waals surface area contributed by atoms with Crippen LogP contribution in [0.25, 0.3) is 0 Å². The number of para-hydroxylation sites is 1. The van der Waals surface area contributed by atoms with E-state index in [0.717, 1.165) is 61.9 Å². The molecule has 0 radical (unpaired) electrons. The summed E-state index contributed by atoms with van der Waals surface area (Å²) in [5, 5.41) is 0. The van der Waals surface area contributed by atoms with Crippen LogP contribution in [0.5, 0.6) is 11.5 Å². The maximum absolute atomic E-state index is 6.41. The molecule has 25 heavy (non-hydrogen) atoms. The molecule has 1 atom stereocenters. The van der Waals surface area contributed by atoms with Gasteiger partial charge in [-0.25, -0.2) is 0 Å². The lowest BCUT2D eigenvalue weighted by atomic mass is 10.1. The number of nitrogens with zero attached hydrogens (tertiary/aromatic N) is 1. The first-order valence-corrected chi connectivity index (χ1v) is 8.92. The summed E-state index contributed by atoms with van der Waals surface area (Å²) in [5.74, 6) is 1.81. The minimum atomic E-state index is -0.000884. The number of hydrogen-bond donors (Lipinski definition) is 0. The maximum atomic E-state index is 6.41. The molecule has 0 bridgehead atoms. The zero-order valence-corrected chi connectivity index (χ0v) is 15.1. The van der Waals surface area contributed by atoms with E-state index in [9.17, 15) is 0 Å². The van der Waals surface area contributed by atoms with Gasteiger partial charge in [0, 0.05) is 26.1 Å². The van der Waals surface area contributed by atoms with Gasteiger partial charge in [0.25, 0.3) is 0 Å². The maximum Gasteiger partial charge on any atom is 0.125 e. The van der Waals surface area contributed by atoms with E-state index in [1.54, 1.807) is 7.11 Å². The molecule has 0 amide bonds. The summed E-state index contributed by atoms with van der Waals surface area (Å²) >= 11 is 0. The Kier molecular flexibility index (Phi) is 6.31. The van der Waals surface area contributed by atoms with Crippen molar-refractivity contribution in [2.24, 2.45) is 0 Å². The van der Waals surface area contributed by atoms with Crippen LogP contribution in [0.2, 0.25) is 0 Å². The fraction of sp³-hybridized carbons (Fsp3) is 0.429. The second-order valence-electron chi connectivity index (χ2n) is 6.39. The van der Waals surface area contributed by atoms with E-state index >= 15 is 0 Å². The van der Waals surface area contributed by atoms with Crippen LogP contribution in [0, 0.1) is 6.92 Å². The molecule has 4 heteroatoms. The highest BCUT2D eigenvalue weighted by Gasteiger charge is 2.18. The summed E-state index contributed by atoms with van der Waals surface area (Å²) in [7, 11) is 1.70. The molecule has 0 spiro atoms. The molecule has 1 aliphatic heterocycles. The van der Waals surface area contributed by atoms with Gasteiger partial charge in [-0.1, -0.05) is 30.3 Å². The average Bonchev–Trinajstić information content (AvgIpc) is 2.67. The van der Waals surface area contributed by atoms with Gasteiger partial charge in [0.1, 0.15) is 17.6 Å². The zero-order valence-electron chi connectivity index (χ0n) is 15.1. The third-order valence-corrected chi connectivity index (χ3v) is 4.64. The van der Waals surface area contributed by atoms with Gasteiger partial charge in [-0.3, -0.25) is 4.90 Å². The predicted octanol–water partition coefficient (Wildman–Crippen LogP) is 3.85. The largest absolute Gasteiger partial charge is 0.497 e. The van der Waals surface area contributed by atoms with Gasteiger partial charge in [0.05, 0.1) is 20.3 Å². The second kappa shape index (κ2) is 8.88. The Labute approximate surface area is 150 Å². The van der Waals surface area contributed by atoms with Gasteiger partial charge < -0.3 is 14.2 Å². The first-order chi connectivity index (χ1) is 12.3. The van der Waals surface area contributed by atoms with Crippen LogP contribution in [0.4, 0.5) is 0 Å². The molecule has 1 heterocycles. The first kappa shape index (κ1) is 17.8. The fourth-order valence-corrected chi connectivity index (χ4v) is 3.10. The molecule has 0 N–H and O–H groups in total. The number of ether oxygens (including phenoxy) is 3. The smallest absolute Gasteiger partial charge is 0.125 e. The lowest BCUT2D eigenvalue weighted by Crippen LogP contribution is -2.37. The Balaban J connectivity index is 1.75. The van der Waals surface area contributed by atoms with Gasteiger partial charge in [0.15, 0.2) is 0 Å². The van der Waals surface area contributed by atoms with Crippen molar-refractivity contribution in [2.45, 2.75) is 19.4 Å². The van der Waals surface area contributed by atoms with Crippen molar-refractivity contribution in [1.29, 1.82) is 0 Å². The lowest BCUT2D eigenvalue weighted by Gasteiger charge is -2.29. The Hall–Kier alpha value is -2.04. The third kappa shape index (κ3) is 4.97. The van der Waals surface area contributed by atoms with Gasteiger partial charge in [0.2, 0.25) is 0 Å². The second-order valence-corrected chi connectivity index (χ2v) is 6.39. The molecule has 1 saturated heterocycles. The minimum Gasteiger partial charge on any atom is -0.497 e. The lowest BCUT2D eigenvalue weighted by molar-refractivity contribution is 0.0316. The summed E-state index contributed by atoms with van der Waals surface area (Å²) in [6, 6.07) is 16.4. The highest BCUT2D eigenvalue weighted by molar-refractivity contribution is 5.34. The molecule has 0 aliphatic carbocycles. The van der Waals surface area contributed by atoms with Crippen molar-refractivity contribution in [3.8, 4) is 11.5 Å². The summed E-state index contributed by atoms with van der Waals surface area (Å²) in [4.78, 5) is 2.44. The number of morpholine rings is 1. The molecule has 1 aliphatic rings. The Morgan fingerprint density at radius 2 is 1.88 bits per heavy atom. The van der Waals surface area contributed by atoms with E-state index in [4.69, 9.17) is 14.2 Å². The van der Waals surface area contributed by atoms with Crippen LogP contribution < -0.4 is 9.47 Å². The molecule has 0 aromatic heterocycles. The van der Waals surface area contributed by atoms with Crippen LogP contribution in [-0.4, -0.2) is 44.9 Å². The fourth-order valence-electron chi connectivity index (χ4n) is 3.10. The van der Waals surface area contributed by atoms with E-state index in [-0.39, 0.29) is 6.10 Å². The monoisotopic (exact) mass is 341 g/mol. The Morgan fingerprint density at radius 1 is 1.08 bits per heavy atom. The van der Waals surface area contributed by atoms with E-state index in [1.165, 1.54) is 0 Å². The van der Waals surface area contributed by atoms with Crippen molar-refractivity contribution in [2.75, 3.05) is 40.0 Å². The van der Waals surface area contributed by atoms with Crippen molar-refractivity contribution in [1.82, 2.24) is 4.90 Å². The molecule has 2 aromatic carbocycles.